The van der Waals surface area contributed by atoms with Crippen molar-refractivity contribution >= 4 is 22.3 Å². The minimum atomic E-state index is 0.351. The second-order valence-electron chi connectivity index (χ2n) is 5.52. The van der Waals surface area contributed by atoms with E-state index >= 15 is 0 Å². The van der Waals surface area contributed by atoms with Crippen LogP contribution in [0.2, 0.25) is 0 Å². The molecule has 0 aromatic heterocycles. The van der Waals surface area contributed by atoms with Crippen LogP contribution in [-0.4, -0.2) is 12.9 Å². The van der Waals surface area contributed by atoms with Gasteiger partial charge < -0.3 is 10.6 Å². The minimum absolute atomic E-state index is 0.351. The summed E-state index contributed by atoms with van der Waals surface area (Å²) in [5.41, 5.74) is 3.58. The summed E-state index contributed by atoms with van der Waals surface area (Å²) < 4.78 is 0. The molecular formula is C21H19N3. The van der Waals surface area contributed by atoms with Crippen molar-refractivity contribution < 1.29 is 0 Å². The van der Waals surface area contributed by atoms with E-state index in [9.17, 15) is 0 Å². The lowest BCUT2D eigenvalue weighted by atomic mass is 10.0. The smallest absolute Gasteiger partial charge is 0.127 e. The van der Waals surface area contributed by atoms with Crippen LogP contribution in [0.3, 0.4) is 0 Å². The maximum absolute atomic E-state index is 8.38. The van der Waals surface area contributed by atoms with Gasteiger partial charge in [-0.25, -0.2) is 0 Å². The van der Waals surface area contributed by atoms with Crippen LogP contribution in [0.15, 0.2) is 60.7 Å². The molecule has 3 N–H and O–H groups in total. The van der Waals surface area contributed by atoms with Gasteiger partial charge in [0.25, 0.3) is 0 Å². The van der Waals surface area contributed by atoms with Crippen LogP contribution < -0.4 is 10.6 Å². The van der Waals surface area contributed by atoms with Crippen molar-refractivity contribution in [2.45, 2.75) is 6.54 Å². The number of rotatable bonds is 4. The second kappa shape index (κ2) is 6.89. The Balaban J connectivity index is 1.84. The highest BCUT2D eigenvalue weighted by atomic mass is 14.9. The van der Waals surface area contributed by atoms with Gasteiger partial charge in [0.05, 0.1) is 0 Å². The fourth-order valence-electron chi connectivity index (χ4n) is 2.78. The van der Waals surface area contributed by atoms with E-state index in [1.54, 1.807) is 0 Å². The summed E-state index contributed by atoms with van der Waals surface area (Å²) in [6, 6.07) is 20.1. The van der Waals surface area contributed by atoms with Crippen LogP contribution in [0.5, 0.6) is 0 Å². The molecule has 0 aliphatic rings. The highest BCUT2D eigenvalue weighted by molar-refractivity contribution is 6.02. The van der Waals surface area contributed by atoms with E-state index in [-0.39, 0.29) is 0 Å². The first-order valence-electron chi connectivity index (χ1n) is 7.81. The van der Waals surface area contributed by atoms with Crippen LogP contribution >= 0.6 is 0 Å². The zero-order valence-electron chi connectivity index (χ0n) is 13.6. The van der Waals surface area contributed by atoms with E-state index < -0.39 is 0 Å². The SMILES string of the molecule is C#Cc1ccc(NC)c(C(=N)NCc2cccc3ccccc23)c1. The Morgan fingerprint density at radius 2 is 1.88 bits per heavy atom. The van der Waals surface area contributed by atoms with Gasteiger partial charge in [-0.2, -0.15) is 0 Å². The van der Waals surface area contributed by atoms with Crippen molar-refractivity contribution in [1.82, 2.24) is 5.32 Å². The molecule has 3 heteroatoms. The van der Waals surface area contributed by atoms with Gasteiger partial charge in [-0.15, -0.1) is 6.42 Å². The average Bonchev–Trinajstić information content (AvgIpc) is 2.65. The Bertz CT molecular complexity index is 930. The maximum Gasteiger partial charge on any atom is 0.127 e. The van der Waals surface area contributed by atoms with E-state index in [0.717, 1.165) is 22.4 Å². The first-order chi connectivity index (χ1) is 11.7. The fraction of sp³-hybridized carbons (Fsp3) is 0.0952. The van der Waals surface area contributed by atoms with E-state index in [2.05, 4.69) is 40.8 Å². The Morgan fingerprint density at radius 3 is 2.67 bits per heavy atom. The van der Waals surface area contributed by atoms with E-state index in [1.807, 2.05) is 43.4 Å². The Kier molecular flexibility index (Phi) is 4.49. The zero-order chi connectivity index (χ0) is 16.9. The van der Waals surface area contributed by atoms with E-state index in [0.29, 0.717) is 12.4 Å². The van der Waals surface area contributed by atoms with Crippen LogP contribution in [-0.2, 0) is 6.54 Å². The number of hydrogen-bond donors (Lipinski definition) is 3. The summed E-state index contributed by atoms with van der Waals surface area (Å²) in [5, 5.41) is 17.1. The summed E-state index contributed by atoms with van der Waals surface area (Å²) in [6.45, 7) is 0.587. The monoisotopic (exact) mass is 313 g/mol. The molecule has 0 aliphatic carbocycles. The van der Waals surface area contributed by atoms with Crippen LogP contribution in [0.4, 0.5) is 5.69 Å². The molecule has 3 aromatic rings. The molecule has 24 heavy (non-hydrogen) atoms. The molecule has 0 bridgehead atoms. The third kappa shape index (κ3) is 3.09. The Hall–Kier alpha value is -3.25. The molecule has 0 atom stereocenters. The molecule has 0 unspecified atom stereocenters. The number of terminal acetylenes is 1. The molecule has 3 aromatic carbocycles. The van der Waals surface area contributed by atoms with Crippen molar-refractivity contribution in [2.24, 2.45) is 0 Å². The topological polar surface area (TPSA) is 47.9 Å². The summed E-state index contributed by atoms with van der Waals surface area (Å²) in [5.74, 6) is 2.97. The van der Waals surface area contributed by atoms with Crippen LogP contribution in [0, 0.1) is 17.8 Å². The molecule has 0 spiro atoms. The molecule has 0 amide bonds. The average molecular weight is 313 g/mol. The van der Waals surface area contributed by atoms with Gasteiger partial charge >= 0.3 is 0 Å². The first kappa shape index (κ1) is 15.6. The number of benzene rings is 3. The lowest BCUT2D eigenvalue weighted by Crippen LogP contribution is -2.24. The highest BCUT2D eigenvalue weighted by Crippen LogP contribution is 2.20. The summed E-state index contributed by atoms with van der Waals surface area (Å²) in [6.07, 6.45) is 5.48. The third-order valence-corrected chi connectivity index (χ3v) is 4.06. The molecule has 3 rings (SSSR count). The zero-order valence-corrected chi connectivity index (χ0v) is 13.6. The summed E-state index contributed by atoms with van der Waals surface area (Å²) in [4.78, 5) is 0. The van der Waals surface area contributed by atoms with Gasteiger partial charge in [0.1, 0.15) is 5.84 Å². The lowest BCUT2D eigenvalue weighted by molar-refractivity contribution is 0.916. The van der Waals surface area contributed by atoms with Crippen molar-refractivity contribution in [3.05, 3.63) is 77.4 Å². The predicted molar refractivity (Wildman–Crippen MR) is 102 cm³/mol. The second-order valence-corrected chi connectivity index (χ2v) is 5.52. The normalized spacial score (nSPS) is 10.2. The van der Waals surface area contributed by atoms with E-state index in [1.165, 1.54) is 10.8 Å². The fourth-order valence-corrected chi connectivity index (χ4v) is 2.78. The van der Waals surface area contributed by atoms with Crippen molar-refractivity contribution in [3.63, 3.8) is 0 Å². The summed E-state index contributed by atoms with van der Waals surface area (Å²) in [7, 11) is 1.84. The number of amidine groups is 1. The Labute approximate surface area is 142 Å². The van der Waals surface area contributed by atoms with Gasteiger partial charge in [-0.05, 0) is 34.5 Å². The van der Waals surface area contributed by atoms with Gasteiger partial charge in [-0.1, -0.05) is 48.4 Å². The van der Waals surface area contributed by atoms with Gasteiger partial charge in [-0.3, -0.25) is 5.41 Å². The first-order valence-corrected chi connectivity index (χ1v) is 7.81. The molecule has 0 saturated heterocycles. The molecule has 0 radical (unpaired) electrons. The van der Waals surface area contributed by atoms with Crippen LogP contribution in [0.1, 0.15) is 16.7 Å². The van der Waals surface area contributed by atoms with Crippen molar-refractivity contribution in [2.75, 3.05) is 12.4 Å². The van der Waals surface area contributed by atoms with Gasteiger partial charge in [0.2, 0.25) is 0 Å². The molecular weight excluding hydrogens is 294 g/mol. The maximum atomic E-state index is 8.38. The lowest BCUT2D eigenvalue weighted by Gasteiger charge is -2.14. The van der Waals surface area contributed by atoms with Gasteiger partial charge in [0.15, 0.2) is 0 Å². The molecule has 0 heterocycles. The van der Waals surface area contributed by atoms with Crippen molar-refractivity contribution in [3.8, 4) is 12.3 Å². The molecule has 3 nitrogen and oxygen atoms in total. The van der Waals surface area contributed by atoms with E-state index in [4.69, 9.17) is 11.8 Å². The molecule has 118 valence electrons. The quantitative estimate of drug-likeness (QED) is 0.388. The number of hydrogen-bond acceptors (Lipinski definition) is 2. The summed E-state index contributed by atoms with van der Waals surface area (Å²) >= 11 is 0. The number of anilines is 1. The van der Waals surface area contributed by atoms with Crippen molar-refractivity contribution in [1.29, 1.82) is 5.41 Å². The number of nitrogens with one attached hydrogen (secondary N) is 3. The standard InChI is InChI=1S/C21H19N3/c1-3-15-11-12-20(23-2)19(13-15)21(22)24-14-17-9-6-8-16-7-4-5-10-18(16)17/h1,4-13,23H,14H2,2H3,(H2,22,24). The molecule has 0 aliphatic heterocycles. The minimum Gasteiger partial charge on any atom is -0.388 e. The van der Waals surface area contributed by atoms with Gasteiger partial charge in [0, 0.05) is 30.4 Å². The predicted octanol–water partition coefficient (Wildman–Crippen LogP) is 3.98. The molecule has 0 saturated carbocycles. The highest BCUT2D eigenvalue weighted by Gasteiger charge is 2.09. The largest absolute Gasteiger partial charge is 0.388 e. The third-order valence-electron chi connectivity index (χ3n) is 4.06. The van der Waals surface area contributed by atoms with Crippen LogP contribution in [0.25, 0.3) is 10.8 Å². The number of fused-ring (bicyclic) bond motifs is 1. The Morgan fingerprint density at radius 1 is 1.08 bits per heavy atom. The molecule has 0 fully saturated rings.